The van der Waals surface area contributed by atoms with E-state index < -0.39 is 11.5 Å². The number of methoxy groups -OCH3 is 1. The van der Waals surface area contributed by atoms with Gasteiger partial charge in [0.2, 0.25) is 0 Å². The molecule has 0 radical (unpaired) electrons. The third kappa shape index (κ3) is 3.06. The first kappa shape index (κ1) is 18.8. The average Bonchev–Trinajstić information content (AvgIpc) is 3.32. The first-order valence-corrected chi connectivity index (χ1v) is 9.68. The molecule has 0 saturated carbocycles. The zero-order valence-electron chi connectivity index (χ0n) is 16.6. The number of pyridine rings is 2. The SMILES string of the molecule is COCC1(F)CCc2c(-c3cc(C)nc4[nH]ncc34)c(-c3ccc(F)cn3)nn2C1. The van der Waals surface area contributed by atoms with Gasteiger partial charge in [0.25, 0.3) is 0 Å². The number of ether oxygens (including phenoxy) is 1. The van der Waals surface area contributed by atoms with E-state index in [0.717, 1.165) is 34.1 Å². The zero-order chi connectivity index (χ0) is 20.9. The van der Waals surface area contributed by atoms with Crippen LogP contribution in [0.25, 0.3) is 33.5 Å². The van der Waals surface area contributed by atoms with Crippen LogP contribution >= 0.6 is 0 Å². The minimum Gasteiger partial charge on any atom is -0.381 e. The average molecular weight is 410 g/mol. The summed E-state index contributed by atoms with van der Waals surface area (Å²) in [4.78, 5) is 8.73. The zero-order valence-corrected chi connectivity index (χ0v) is 16.6. The van der Waals surface area contributed by atoms with Crippen LogP contribution in [-0.2, 0) is 17.7 Å². The molecule has 9 heteroatoms. The number of hydrogen-bond donors (Lipinski definition) is 1. The fourth-order valence-corrected chi connectivity index (χ4v) is 4.19. The lowest BCUT2D eigenvalue weighted by Gasteiger charge is -2.30. The van der Waals surface area contributed by atoms with Crippen molar-refractivity contribution in [3.63, 3.8) is 0 Å². The number of aryl methyl sites for hydroxylation is 1. The van der Waals surface area contributed by atoms with E-state index in [2.05, 4.69) is 20.2 Å². The molecule has 30 heavy (non-hydrogen) atoms. The predicted molar refractivity (Wildman–Crippen MR) is 107 cm³/mol. The van der Waals surface area contributed by atoms with E-state index in [1.165, 1.54) is 13.2 Å². The number of nitrogens with zero attached hydrogens (tertiary/aromatic N) is 5. The normalized spacial score (nSPS) is 18.7. The maximum Gasteiger partial charge on any atom is 0.155 e. The molecule has 0 aromatic carbocycles. The summed E-state index contributed by atoms with van der Waals surface area (Å²) in [6, 6.07) is 4.90. The molecule has 1 unspecified atom stereocenters. The summed E-state index contributed by atoms with van der Waals surface area (Å²) in [6.45, 7) is 2.00. The Morgan fingerprint density at radius 2 is 2.17 bits per heavy atom. The summed E-state index contributed by atoms with van der Waals surface area (Å²) in [5.41, 5.74) is 3.76. The second-order valence-corrected chi connectivity index (χ2v) is 7.72. The Morgan fingerprint density at radius 1 is 1.30 bits per heavy atom. The van der Waals surface area contributed by atoms with Crippen LogP contribution in [0.4, 0.5) is 8.78 Å². The Kier molecular flexibility index (Phi) is 4.35. The maximum atomic E-state index is 15.2. The highest BCUT2D eigenvalue weighted by Gasteiger charge is 2.38. The lowest BCUT2D eigenvalue weighted by atomic mass is 9.91. The molecule has 0 amide bonds. The van der Waals surface area contributed by atoms with Crippen LogP contribution in [0.5, 0.6) is 0 Å². The molecule has 5 heterocycles. The molecule has 154 valence electrons. The number of H-pyrrole nitrogens is 1. The number of hydrogen-bond acceptors (Lipinski definition) is 5. The molecule has 1 aliphatic heterocycles. The topological polar surface area (TPSA) is 81.5 Å². The predicted octanol–water partition coefficient (Wildman–Crippen LogP) is 3.63. The summed E-state index contributed by atoms with van der Waals surface area (Å²) >= 11 is 0. The molecule has 1 aliphatic rings. The molecule has 1 atom stereocenters. The standard InChI is InChI=1S/C21H20F2N6O/c1-12-7-14(15-9-25-27-20(15)26-12)18-17-5-6-21(23,11-30-2)10-29(17)28-19(18)16-4-3-13(22)8-24-16/h3-4,7-9H,5-6,10-11H2,1-2H3,(H,25,26,27). The molecule has 4 aromatic rings. The van der Waals surface area contributed by atoms with Gasteiger partial charge in [0.15, 0.2) is 11.3 Å². The van der Waals surface area contributed by atoms with Gasteiger partial charge in [-0.15, -0.1) is 0 Å². The van der Waals surface area contributed by atoms with Crippen molar-refractivity contribution in [2.75, 3.05) is 13.7 Å². The smallest absolute Gasteiger partial charge is 0.155 e. The van der Waals surface area contributed by atoms with Gasteiger partial charge in [0, 0.05) is 35.0 Å². The van der Waals surface area contributed by atoms with Crippen LogP contribution in [0.2, 0.25) is 0 Å². The summed E-state index contributed by atoms with van der Waals surface area (Å²) in [6.07, 6.45) is 3.70. The lowest BCUT2D eigenvalue weighted by Crippen LogP contribution is -2.39. The molecule has 0 fully saturated rings. The van der Waals surface area contributed by atoms with Crippen molar-refractivity contribution in [3.8, 4) is 22.5 Å². The minimum absolute atomic E-state index is 0.00606. The Morgan fingerprint density at radius 3 is 2.93 bits per heavy atom. The number of fused-ring (bicyclic) bond motifs is 2. The first-order valence-electron chi connectivity index (χ1n) is 9.68. The van der Waals surface area contributed by atoms with Crippen LogP contribution in [-0.4, -0.2) is 49.3 Å². The molecule has 1 N–H and O–H groups in total. The van der Waals surface area contributed by atoms with Crippen LogP contribution in [0.1, 0.15) is 17.8 Å². The number of nitrogens with one attached hydrogen (secondary N) is 1. The number of aromatic nitrogens is 6. The molecular formula is C21H20F2N6O. The molecule has 0 bridgehead atoms. The largest absolute Gasteiger partial charge is 0.381 e. The van der Waals surface area contributed by atoms with Gasteiger partial charge in [-0.25, -0.2) is 13.8 Å². The van der Waals surface area contributed by atoms with Crippen LogP contribution in [0.15, 0.2) is 30.6 Å². The summed E-state index contributed by atoms with van der Waals surface area (Å²) < 4.78 is 35.5. The Labute approximate surface area is 171 Å². The van der Waals surface area contributed by atoms with Gasteiger partial charge in [-0.2, -0.15) is 10.2 Å². The minimum atomic E-state index is -1.49. The van der Waals surface area contributed by atoms with E-state index in [1.807, 2.05) is 13.0 Å². The molecule has 0 saturated heterocycles. The first-order chi connectivity index (χ1) is 14.5. The Bertz CT molecular complexity index is 1230. The third-order valence-corrected chi connectivity index (χ3v) is 5.49. The Hall–Kier alpha value is -3.20. The van der Waals surface area contributed by atoms with Gasteiger partial charge in [-0.1, -0.05) is 0 Å². The third-order valence-electron chi connectivity index (χ3n) is 5.49. The summed E-state index contributed by atoms with van der Waals surface area (Å²) in [5.74, 6) is -0.427. The van der Waals surface area contributed by atoms with E-state index in [9.17, 15) is 4.39 Å². The monoisotopic (exact) mass is 410 g/mol. The number of rotatable bonds is 4. The van der Waals surface area contributed by atoms with Crippen molar-refractivity contribution in [2.45, 2.75) is 32.0 Å². The van der Waals surface area contributed by atoms with Crippen molar-refractivity contribution in [3.05, 3.63) is 47.8 Å². The maximum absolute atomic E-state index is 15.2. The van der Waals surface area contributed by atoms with Gasteiger partial charge < -0.3 is 4.74 Å². The highest BCUT2D eigenvalue weighted by Crippen LogP contribution is 2.41. The van der Waals surface area contributed by atoms with E-state index >= 15 is 4.39 Å². The number of aromatic amines is 1. The highest BCUT2D eigenvalue weighted by molar-refractivity contribution is 5.97. The van der Waals surface area contributed by atoms with E-state index in [1.54, 1.807) is 16.9 Å². The Balaban J connectivity index is 1.76. The van der Waals surface area contributed by atoms with E-state index in [4.69, 9.17) is 9.84 Å². The molecule has 4 aromatic heterocycles. The second kappa shape index (κ2) is 6.94. The lowest BCUT2D eigenvalue weighted by molar-refractivity contribution is 0.0100. The van der Waals surface area contributed by atoms with Gasteiger partial charge in [-0.3, -0.25) is 14.8 Å². The fraction of sp³-hybridized carbons (Fsp3) is 0.333. The van der Waals surface area contributed by atoms with Gasteiger partial charge >= 0.3 is 0 Å². The molecule has 5 rings (SSSR count). The van der Waals surface area contributed by atoms with Crippen molar-refractivity contribution in [1.82, 2.24) is 29.9 Å². The van der Waals surface area contributed by atoms with Gasteiger partial charge in [0.05, 0.1) is 31.2 Å². The van der Waals surface area contributed by atoms with Crippen molar-refractivity contribution in [1.29, 1.82) is 0 Å². The molecular weight excluding hydrogens is 390 g/mol. The van der Waals surface area contributed by atoms with Gasteiger partial charge in [-0.05, 0) is 38.0 Å². The number of alkyl halides is 1. The summed E-state index contributed by atoms with van der Waals surface area (Å²) in [5, 5.41) is 12.6. The molecule has 0 aliphatic carbocycles. The van der Waals surface area contributed by atoms with E-state index in [0.29, 0.717) is 29.9 Å². The molecule has 0 spiro atoms. The fourth-order valence-electron chi connectivity index (χ4n) is 4.19. The van der Waals surface area contributed by atoms with Crippen LogP contribution < -0.4 is 0 Å². The van der Waals surface area contributed by atoms with Crippen molar-refractivity contribution in [2.24, 2.45) is 0 Å². The van der Waals surface area contributed by atoms with Crippen LogP contribution in [0.3, 0.4) is 0 Å². The van der Waals surface area contributed by atoms with Crippen LogP contribution in [0, 0.1) is 12.7 Å². The summed E-state index contributed by atoms with van der Waals surface area (Å²) in [7, 11) is 1.49. The second-order valence-electron chi connectivity index (χ2n) is 7.72. The highest BCUT2D eigenvalue weighted by atomic mass is 19.1. The molecule has 7 nitrogen and oxygen atoms in total. The quantitative estimate of drug-likeness (QED) is 0.556. The van der Waals surface area contributed by atoms with E-state index in [-0.39, 0.29) is 13.2 Å². The van der Waals surface area contributed by atoms with Crippen molar-refractivity contribution >= 4 is 11.0 Å². The van der Waals surface area contributed by atoms with Gasteiger partial charge in [0.1, 0.15) is 11.5 Å². The number of halogens is 2. The van der Waals surface area contributed by atoms with Crippen molar-refractivity contribution < 1.29 is 13.5 Å².